The molecule has 0 amide bonds. The molecule has 116 valence electrons. The number of hydrogen-bond donors (Lipinski definition) is 0. The lowest BCUT2D eigenvalue weighted by Crippen LogP contribution is -2.38. The standard InChI is InChI=1S/C16H23BrN2O2/c1-16(2,3)21-15(20)12-6-8-19(9-7-12)11-14-5-4-13(17)10-18-14/h4-5,10,12H,6-9,11H2,1-3H3. The summed E-state index contributed by atoms with van der Waals surface area (Å²) in [5.41, 5.74) is 0.671. The number of hydrogen-bond acceptors (Lipinski definition) is 4. The number of piperidine rings is 1. The van der Waals surface area contributed by atoms with Crippen LogP contribution in [0.5, 0.6) is 0 Å². The minimum Gasteiger partial charge on any atom is -0.460 e. The average molecular weight is 355 g/mol. The van der Waals surface area contributed by atoms with Crippen LogP contribution >= 0.6 is 15.9 Å². The zero-order valence-electron chi connectivity index (χ0n) is 12.9. The molecule has 1 aromatic rings. The fourth-order valence-corrected chi connectivity index (χ4v) is 2.68. The van der Waals surface area contributed by atoms with E-state index in [-0.39, 0.29) is 11.9 Å². The molecule has 0 atom stereocenters. The fraction of sp³-hybridized carbons (Fsp3) is 0.625. The molecule has 1 saturated heterocycles. The minimum absolute atomic E-state index is 0.0401. The summed E-state index contributed by atoms with van der Waals surface area (Å²) in [6, 6.07) is 4.04. The molecular formula is C16H23BrN2O2. The van der Waals surface area contributed by atoms with Gasteiger partial charge in [0, 0.05) is 17.2 Å². The molecule has 0 aliphatic carbocycles. The minimum atomic E-state index is -0.393. The Morgan fingerprint density at radius 3 is 2.57 bits per heavy atom. The van der Waals surface area contributed by atoms with Crippen molar-refractivity contribution in [3.8, 4) is 0 Å². The van der Waals surface area contributed by atoms with E-state index in [9.17, 15) is 4.79 Å². The number of nitrogens with zero attached hydrogens (tertiary/aromatic N) is 2. The molecule has 0 saturated carbocycles. The molecule has 0 aromatic carbocycles. The first-order chi connectivity index (χ1) is 9.83. The number of aromatic nitrogens is 1. The average Bonchev–Trinajstić information content (AvgIpc) is 2.40. The molecule has 1 aromatic heterocycles. The van der Waals surface area contributed by atoms with Crippen molar-refractivity contribution in [3.05, 3.63) is 28.5 Å². The zero-order valence-corrected chi connectivity index (χ0v) is 14.5. The molecule has 1 fully saturated rings. The number of halogens is 1. The van der Waals surface area contributed by atoms with Crippen LogP contribution in [0.25, 0.3) is 0 Å². The number of pyridine rings is 1. The lowest BCUT2D eigenvalue weighted by atomic mass is 9.96. The van der Waals surface area contributed by atoms with E-state index in [1.165, 1.54) is 0 Å². The van der Waals surface area contributed by atoms with Crippen LogP contribution in [0.4, 0.5) is 0 Å². The highest BCUT2D eigenvalue weighted by atomic mass is 79.9. The van der Waals surface area contributed by atoms with Crippen LogP contribution in [0.3, 0.4) is 0 Å². The van der Waals surface area contributed by atoms with Gasteiger partial charge in [0.15, 0.2) is 0 Å². The maximum atomic E-state index is 12.1. The molecule has 0 spiro atoms. The Balaban J connectivity index is 1.80. The SMILES string of the molecule is CC(C)(C)OC(=O)C1CCN(Cc2ccc(Br)cn2)CC1. The van der Waals surface area contributed by atoms with Crippen LogP contribution < -0.4 is 0 Å². The summed E-state index contributed by atoms with van der Waals surface area (Å²) in [6.45, 7) is 8.43. The maximum absolute atomic E-state index is 12.1. The molecule has 0 unspecified atom stereocenters. The van der Waals surface area contributed by atoms with Gasteiger partial charge in [-0.15, -0.1) is 0 Å². The smallest absolute Gasteiger partial charge is 0.309 e. The Morgan fingerprint density at radius 2 is 2.05 bits per heavy atom. The van der Waals surface area contributed by atoms with Gasteiger partial charge in [0.25, 0.3) is 0 Å². The van der Waals surface area contributed by atoms with Gasteiger partial charge in [-0.2, -0.15) is 0 Å². The summed E-state index contributed by atoms with van der Waals surface area (Å²) < 4.78 is 6.46. The van der Waals surface area contributed by atoms with E-state index in [1.54, 1.807) is 0 Å². The second kappa shape index (κ2) is 6.88. The van der Waals surface area contributed by atoms with Crippen LogP contribution in [0, 0.1) is 5.92 Å². The second-order valence-corrected chi connectivity index (χ2v) is 7.47. The molecule has 0 bridgehead atoms. The largest absolute Gasteiger partial charge is 0.460 e. The van der Waals surface area contributed by atoms with Gasteiger partial charge in [0.1, 0.15) is 5.60 Å². The predicted octanol–water partition coefficient (Wildman–Crippen LogP) is 3.40. The van der Waals surface area contributed by atoms with Crippen LogP contribution in [-0.4, -0.2) is 34.5 Å². The summed E-state index contributed by atoms with van der Waals surface area (Å²) in [4.78, 5) is 18.8. The van der Waals surface area contributed by atoms with Crippen LogP contribution in [-0.2, 0) is 16.1 Å². The molecule has 4 nitrogen and oxygen atoms in total. The zero-order chi connectivity index (χ0) is 15.5. The lowest BCUT2D eigenvalue weighted by Gasteiger charge is -2.32. The summed E-state index contributed by atoms with van der Waals surface area (Å²) in [6.07, 6.45) is 3.56. The molecule has 0 N–H and O–H groups in total. The van der Waals surface area contributed by atoms with Crippen molar-refractivity contribution >= 4 is 21.9 Å². The molecule has 2 heterocycles. The van der Waals surface area contributed by atoms with Crippen molar-refractivity contribution < 1.29 is 9.53 Å². The van der Waals surface area contributed by atoms with Gasteiger partial charge in [0.05, 0.1) is 11.6 Å². The monoisotopic (exact) mass is 354 g/mol. The van der Waals surface area contributed by atoms with E-state index < -0.39 is 5.60 Å². The first-order valence-corrected chi connectivity index (χ1v) is 8.18. The Hall–Kier alpha value is -0.940. The molecular weight excluding hydrogens is 332 g/mol. The third-order valence-corrected chi connectivity index (χ3v) is 3.97. The fourth-order valence-electron chi connectivity index (χ4n) is 2.44. The van der Waals surface area contributed by atoms with E-state index in [0.717, 1.165) is 42.6 Å². The van der Waals surface area contributed by atoms with E-state index in [0.29, 0.717) is 0 Å². The Kier molecular flexibility index (Phi) is 5.38. The van der Waals surface area contributed by atoms with E-state index in [2.05, 4.69) is 25.8 Å². The normalized spacial score (nSPS) is 17.7. The highest BCUT2D eigenvalue weighted by Crippen LogP contribution is 2.22. The van der Waals surface area contributed by atoms with E-state index >= 15 is 0 Å². The van der Waals surface area contributed by atoms with Crippen molar-refractivity contribution in [1.82, 2.24) is 9.88 Å². The lowest BCUT2D eigenvalue weighted by molar-refractivity contribution is -0.161. The Labute approximate surface area is 135 Å². The van der Waals surface area contributed by atoms with Gasteiger partial charge in [0.2, 0.25) is 0 Å². The molecule has 1 aliphatic rings. The number of esters is 1. The van der Waals surface area contributed by atoms with Crippen molar-refractivity contribution in [2.45, 2.75) is 45.8 Å². The molecule has 2 rings (SSSR count). The topological polar surface area (TPSA) is 42.4 Å². The van der Waals surface area contributed by atoms with Gasteiger partial charge in [-0.1, -0.05) is 0 Å². The number of carbonyl (C=O) groups is 1. The molecule has 5 heteroatoms. The molecule has 1 aliphatic heterocycles. The van der Waals surface area contributed by atoms with Crippen molar-refractivity contribution in [1.29, 1.82) is 0 Å². The number of carbonyl (C=O) groups excluding carboxylic acids is 1. The Morgan fingerprint density at radius 1 is 1.38 bits per heavy atom. The van der Waals surface area contributed by atoms with Crippen LogP contribution in [0.15, 0.2) is 22.8 Å². The van der Waals surface area contributed by atoms with Crippen molar-refractivity contribution in [2.24, 2.45) is 5.92 Å². The molecule has 0 radical (unpaired) electrons. The van der Waals surface area contributed by atoms with Crippen molar-refractivity contribution in [3.63, 3.8) is 0 Å². The summed E-state index contributed by atoms with van der Waals surface area (Å²) in [5.74, 6) is -0.0118. The molecule has 21 heavy (non-hydrogen) atoms. The highest BCUT2D eigenvalue weighted by molar-refractivity contribution is 9.10. The van der Waals surface area contributed by atoms with E-state index in [4.69, 9.17) is 4.74 Å². The van der Waals surface area contributed by atoms with Gasteiger partial charge >= 0.3 is 5.97 Å². The summed E-state index contributed by atoms with van der Waals surface area (Å²) in [7, 11) is 0. The first-order valence-electron chi connectivity index (χ1n) is 7.39. The van der Waals surface area contributed by atoms with Crippen LogP contribution in [0.1, 0.15) is 39.3 Å². The van der Waals surface area contributed by atoms with Gasteiger partial charge in [-0.05, 0) is 74.8 Å². The third kappa shape index (κ3) is 5.40. The highest BCUT2D eigenvalue weighted by Gasteiger charge is 2.29. The van der Waals surface area contributed by atoms with Gasteiger partial charge in [-0.25, -0.2) is 0 Å². The second-order valence-electron chi connectivity index (χ2n) is 6.55. The number of ether oxygens (including phenoxy) is 1. The third-order valence-electron chi connectivity index (χ3n) is 3.50. The number of rotatable bonds is 3. The summed E-state index contributed by atoms with van der Waals surface area (Å²) in [5, 5.41) is 0. The Bertz CT molecular complexity index is 474. The predicted molar refractivity (Wildman–Crippen MR) is 85.8 cm³/mol. The number of likely N-dealkylation sites (tertiary alicyclic amines) is 1. The first kappa shape index (κ1) is 16.4. The van der Waals surface area contributed by atoms with E-state index in [1.807, 2.05) is 39.1 Å². The maximum Gasteiger partial charge on any atom is 0.309 e. The van der Waals surface area contributed by atoms with Gasteiger partial charge < -0.3 is 4.74 Å². The summed E-state index contributed by atoms with van der Waals surface area (Å²) >= 11 is 3.39. The quantitative estimate of drug-likeness (QED) is 0.780. The van der Waals surface area contributed by atoms with Crippen molar-refractivity contribution in [2.75, 3.05) is 13.1 Å². The van der Waals surface area contributed by atoms with Gasteiger partial charge in [-0.3, -0.25) is 14.7 Å². The van der Waals surface area contributed by atoms with Crippen LogP contribution in [0.2, 0.25) is 0 Å².